The first-order valence-corrected chi connectivity index (χ1v) is 8.64. The van der Waals surface area contributed by atoms with Crippen LogP contribution in [-0.2, 0) is 22.5 Å². The van der Waals surface area contributed by atoms with Crippen LogP contribution in [0.25, 0.3) is 4.85 Å². The Morgan fingerprint density at radius 3 is 2.85 bits per heavy atom. The van der Waals surface area contributed by atoms with Crippen LogP contribution in [-0.4, -0.2) is 43.3 Å². The summed E-state index contributed by atoms with van der Waals surface area (Å²) in [6.45, 7) is 11.6. The predicted molar refractivity (Wildman–Crippen MR) is 97.7 cm³/mol. The third-order valence-electron chi connectivity index (χ3n) is 4.68. The normalized spacial score (nSPS) is 17.0. The van der Waals surface area contributed by atoms with Gasteiger partial charge in [-0.15, -0.1) is 0 Å². The Labute approximate surface area is 152 Å². The average molecular weight is 350 g/mol. The monoisotopic (exact) mass is 350 g/mol. The van der Waals surface area contributed by atoms with Gasteiger partial charge in [0.05, 0.1) is 26.4 Å². The molecule has 1 fully saturated rings. The van der Waals surface area contributed by atoms with Gasteiger partial charge in [-0.25, -0.2) is 4.85 Å². The summed E-state index contributed by atoms with van der Waals surface area (Å²) in [6, 6.07) is 11.1. The first-order chi connectivity index (χ1) is 12.7. The lowest BCUT2D eigenvalue weighted by atomic mass is 9.80. The highest BCUT2D eigenvalue weighted by molar-refractivity contribution is 6.61. The van der Waals surface area contributed by atoms with Gasteiger partial charge in [-0.05, 0) is 40.9 Å². The lowest BCUT2D eigenvalue weighted by Crippen LogP contribution is -2.35. The summed E-state index contributed by atoms with van der Waals surface area (Å²) >= 11 is 0. The van der Waals surface area contributed by atoms with Crippen molar-refractivity contribution in [2.75, 3.05) is 26.3 Å². The standard InChI is InChI=1S/C19H19BN2O4/c1-21-16-2-5-19(14(10-16)12-22-6-8-24-9-7-22)26-17-3-4-18-15(11-17)13-25-20(18)23/h2-5,10-11,23H,6-9,12-13H2. The summed E-state index contributed by atoms with van der Waals surface area (Å²) < 4.78 is 16.8. The maximum Gasteiger partial charge on any atom is 0.491 e. The summed E-state index contributed by atoms with van der Waals surface area (Å²) in [5.74, 6) is 1.43. The molecule has 2 aliphatic heterocycles. The molecular formula is C19H19BN2O4. The molecule has 2 aromatic carbocycles. The molecule has 2 aliphatic rings. The molecule has 0 atom stereocenters. The Bertz CT molecular complexity index is 846. The van der Waals surface area contributed by atoms with Gasteiger partial charge in [0.1, 0.15) is 11.5 Å². The minimum Gasteiger partial charge on any atom is -0.457 e. The average Bonchev–Trinajstić information content (AvgIpc) is 3.04. The number of ether oxygens (including phenoxy) is 2. The van der Waals surface area contributed by atoms with E-state index in [1.165, 1.54) is 0 Å². The molecule has 0 radical (unpaired) electrons. The fraction of sp³-hybridized carbons (Fsp3) is 0.316. The Balaban J connectivity index is 1.58. The smallest absolute Gasteiger partial charge is 0.457 e. The van der Waals surface area contributed by atoms with Crippen LogP contribution in [0.15, 0.2) is 36.4 Å². The molecule has 0 bridgehead atoms. The molecule has 6 nitrogen and oxygen atoms in total. The zero-order valence-electron chi connectivity index (χ0n) is 14.4. The topological polar surface area (TPSA) is 55.5 Å². The highest BCUT2D eigenvalue weighted by atomic mass is 16.5. The van der Waals surface area contributed by atoms with Crippen LogP contribution >= 0.6 is 0 Å². The predicted octanol–water partition coefficient (Wildman–Crippen LogP) is 2.08. The molecule has 0 aliphatic carbocycles. The molecule has 0 saturated carbocycles. The third-order valence-corrected chi connectivity index (χ3v) is 4.68. The Hall–Kier alpha value is -2.37. The van der Waals surface area contributed by atoms with E-state index in [1.807, 2.05) is 30.3 Å². The fourth-order valence-corrected chi connectivity index (χ4v) is 3.26. The zero-order valence-corrected chi connectivity index (χ0v) is 14.4. The Kier molecular flexibility index (Phi) is 4.91. The third kappa shape index (κ3) is 3.59. The summed E-state index contributed by atoms with van der Waals surface area (Å²) in [5.41, 5.74) is 3.31. The summed E-state index contributed by atoms with van der Waals surface area (Å²) in [6.07, 6.45) is 0. The summed E-state index contributed by atoms with van der Waals surface area (Å²) in [5, 5.41) is 9.74. The quantitative estimate of drug-likeness (QED) is 0.676. The molecule has 2 aromatic rings. The van der Waals surface area contributed by atoms with E-state index in [0.717, 1.165) is 55.2 Å². The molecule has 26 heavy (non-hydrogen) atoms. The van der Waals surface area contributed by atoms with Crippen molar-refractivity contribution >= 4 is 18.3 Å². The van der Waals surface area contributed by atoms with Gasteiger partial charge in [0.25, 0.3) is 0 Å². The maximum atomic E-state index is 9.74. The van der Waals surface area contributed by atoms with E-state index in [9.17, 15) is 5.02 Å². The lowest BCUT2D eigenvalue weighted by molar-refractivity contribution is 0.0339. The van der Waals surface area contributed by atoms with Crippen molar-refractivity contribution in [1.29, 1.82) is 0 Å². The SMILES string of the molecule is [C-]#[N+]c1ccc(Oc2ccc3c(c2)COB3O)c(CN2CCOCC2)c1. The molecule has 0 aromatic heterocycles. The van der Waals surface area contributed by atoms with Gasteiger partial charge >= 0.3 is 7.12 Å². The van der Waals surface area contributed by atoms with E-state index in [0.29, 0.717) is 18.0 Å². The number of nitrogens with zero attached hydrogens (tertiary/aromatic N) is 2. The second kappa shape index (κ2) is 7.48. The van der Waals surface area contributed by atoms with Crippen LogP contribution in [0, 0.1) is 6.57 Å². The molecule has 0 amide bonds. The minimum absolute atomic E-state index is 0.380. The van der Waals surface area contributed by atoms with E-state index in [2.05, 4.69) is 9.74 Å². The number of rotatable bonds is 4. The molecule has 1 N–H and O–H groups in total. The molecule has 4 rings (SSSR count). The van der Waals surface area contributed by atoms with E-state index >= 15 is 0 Å². The van der Waals surface area contributed by atoms with Crippen molar-refractivity contribution in [3.8, 4) is 11.5 Å². The molecular weight excluding hydrogens is 331 g/mol. The number of benzene rings is 2. The molecule has 7 heteroatoms. The van der Waals surface area contributed by atoms with Crippen LogP contribution < -0.4 is 10.2 Å². The Morgan fingerprint density at radius 2 is 2.04 bits per heavy atom. The van der Waals surface area contributed by atoms with Crippen molar-refractivity contribution in [2.24, 2.45) is 0 Å². The Morgan fingerprint density at radius 1 is 1.19 bits per heavy atom. The highest BCUT2D eigenvalue weighted by Crippen LogP contribution is 2.31. The highest BCUT2D eigenvalue weighted by Gasteiger charge is 2.27. The number of fused-ring (bicyclic) bond motifs is 1. The van der Waals surface area contributed by atoms with Crippen LogP contribution in [0.1, 0.15) is 11.1 Å². The van der Waals surface area contributed by atoms with Crippen LogP contribution in [0.5, 0.6) is 11.5 Å². The molecule has 2 heterocycles. The van der Waals surface area contributed by atoms with Gasteiger partial charge in [-0.2, -0.15) is 0 Å². The van der Waals surface area contributed by atoms with E-state index in [4.69, 9.17) is 20.7 Å². The maximum absolute atomic E-state index is 9.74. The molecule has 1 saturated heterocycles. The lowest BCUT2D eigenvalue weighted by Gasteiger charge is -2.27. The van der Waals surface area contributed by atoms with Crippen LogP contribution in [0.4, 0.5) is 5.69 Å². The van der Waals surface area contributed by atoms with Gasteiger partial charge in [0.15, 0.2) is 5.69 Å². The first-order valence-electron chi connectivity index (χ1n) is 8.64. The molecule has 0 unspecified atom stereocenters. The van der Waals surface area contributed by atoms with E-state index in [1.54, 1.807) is 6.07 Å². The largest absolute Gasteiger partial charge is 0.491 e. The second-order valence-corrected chi connectivity index (χ2v) is 6.42. The van der Waals surface area contributed by atoms with Crippen LogP contribution in [0.3, 0.4) is 0 Å². The van der Waals surface area contributed by atoms with E-state index in [-0.39, 0.29) is 0 Å². The molecule has 132 valence electrons. The zero-order chi connectivity index (χ0) is 17.9. The summed E-state index contributed by atoms with van der Waals surface area (Å²) in [7, 11) is -0.853. The number of morpholine rings is 1. The van der Waals surface area contributed by atoms with Gasteiger partial charge in [0.2, 0.25) is 0 Å². The van der Waals surface area contributed by atoms with Crippen LogP contribution in [0.2, 0.25) is 0 Å². The number of hydrogen-bond donors (Lipinski definition) is 1. The van der Waals surface area contributed by atoms with Crippen molar-refractivity contribution in [1.82, 2.24) is 4.90 Å². The van der Waals surface area contributed by atoms with Crippen molar-refractivity contribution in [2.45, 2.75) is 13.2 Å². The van der Waals surface area contributed by atoms with Gasteiger partial charge in [-0.1, -0.05) is 12.1 Å². The van der Waals surface area contributed by atoms with Crippen molar-refractivity contribution < 1.29 is 19.2 Å². The minimum atomic E-state index is -0.853. The first kappa shape index (κ1) is 17.1. The van der Waals surface area contributed by atoms with Gasteiger partial charge < -0.3 is 19.2 Å². The second-order valence-electron chi connectivity index (χ2n) is 6.42. The molecule has 0 spiro atoms. The summed E-state index contributed by atoms with van der Waals surface area (Å²) in [4.78, 5) is 5.83. The van der Waals surface area contributed by atoms with Gasteiger partial charge in [0, 0.05) is 19.6 Å². The van der Waals surface area contributed by atoms with Gasteiger partial charge in [-0.3, -0.25) is 4.90 Å². The van der Waals surface area contributed by atoms with E-state index < -0.39 is 7.12 Å². The number of hydrogen-bond acceptors (Lipinski definition) is 5. The van der Waals surface area contributed by atoms with Crippen molar-refractivity contribution in [3.05, 3.63) is 58.9 Å². The van der Waals surface area contributed by atoms with Crippen molar-refractivity contribution in [3.63, 3.8) is 0 Å². The fourth-order valence-electron chi connectivity index (χ4n) is 3.26.